The monoisotopic (exact) mass is 538 g/mol. The Morgan fingerprint density at radius 1 is 0.949 bits per heavy atom. The van der Waals surface area contributed by atoms with E-state index in [1.165, 1.54) is 17.0 Å². The van der Waals surface area contributed by atoms with Gasteiger partial charge in [-0.05, 0) is 48.4 Å². The minimum absolute atomic E-state index is 0.0735. The Bertz CT molecular complexity index is 1140. The number of nitrogens with one attached hydrogen (secondary N) is 2. The summed E-state index contributed by atoms with van der Waals surface area (Å²) in [6.45, 7) is 4.19. The number of nitrogens with two attached hydrogens (primary N) is 1. The van der Waals surface area contributed by atoms with E-state index in [0.717, 1.165) is 5.56 Å². The summed E-state index contributed by atoms with van der Waals surface area (Å²) in [5, 5.41) is 24.7. The fourth-order valence-electron chi connectivity index (χ4n) is 4.78. The van der Waals surface area contributed by atoms with E-state index in [9.17, 15) is 29.4 Å². The molecule has 10 nitrogen and oxygen atoms in total. The third kappa shape index (κ3) is 8.54. The smallest absolute Gasteiger partial charge is 0.326 e. The average Bonchev–Trinajstić information content (AvgIpc) is 3.39. The number of amides is 3. The van der Waals surface area contributed by atoms with Gasteiger partial charge in [0.2, 0.25) is 17.7 Å². The lowest BCUT2D eigenvalue weighted by Gasteiger charge is -2.30. The molecule has 0 saturated carbocycles. The quantitative estimate of drug-likeness (QED) is 0.274. The highest BCUT2D eigenvalue weighted by Gasteiger charge is 2.39. The predicted molar refractivity (Wildman–Crippen MR) is 146 cm³/mol. The van der Waals surface area contributed by atoms with Gasteiger partial charge >= 0.3 is 5.97 Å². The SMILES string of the molecule is CC(C)CC(N)C(=O)NC(Cc1ccc(O)cc1)C(=O)N1CCCC1C(=O)NC(Cc1ccccc1)C(=O)O. The Balaban J connectivity index is 1.76. The van der Waals surface area contributed by atoms with Crippen LogP contribution in [0.4, 0.5) is 0 Å². The lowest BCUT2D eigenvalue weighted by molar-refractivity contribution is -0.144. The second-order valence-corrected chi connectivity index (χ2v) is 10.4. The number of benzene rings is 2. The zero-order chi connectivity index (χ0) is 28.5. The van der Waals surface area contributed by atoms with Gasteiger partial charge in [0, 0.05) is 19.4 Å². The number of phenolic OH excluding ortho intramolecular Hbond substituents is 1. The van der Waals surface area contributed by atoms with Crippen molar-refractivity contribution in [2.45, 2.75) is 70.1 Å². The van der Waals surface area contributed by atoms with Crippen molar-refractivity contribution in [3.63, 3.8) is 0 Å². The van der Waals surface area contributed by atoms with Crippen LogP contribution in [-0.4, -0.2) is 69.5 Å². The number of carbonyl (C=O) groups is 4. The van der Waals surface area contributed by atoms with Gasteiger partial charge in [-0.3, -0.25) is 14.4 Å². The van der Waals surface area contributed by atoms with E-state index in [-0.39, 0.29) is 24.5 Å². The molecule has 1 aliphatic heterocycles. The lowest BCUT2D eigenvalue weighted by Crippen LogP contribution is -2.57. The standard InChI is InChI=1S/C29H38N4O6/c1-18(2)15-22(30)26(35)31-23(16-20-10-12-21(34)13-11-20)28(37)33-14-6-9-25(33)27(36)32-24(29(38)39)17-19-7-4-3-5-8-19/h3-5,7-8,10-13,18,22-25,34H,6,9,14-17,30H2,1-2H3,(H,31,35)(H,32,36)(H,38,39). The fraction of sp³-hybridized carbons (Fsp3) is 0.448. The van der Waals surface area contributed by atoms with Gasteiger partial charge in [-0.25, -0.2) is 4.79 Å². The maximum Gasteiger partial charge on any atom is 0.326 e. The summed E-state index contributed by atoms with van der Waals surface area (Å²) in [5.41, 5.74) is 7.53. The molecule has 3 rings (SSSR count). The minimum atomic E-state index is -1.17. The summed E-state index contributed by atoms with van der Waals surface area (Å²) < 4.78 is 0. The number of aromatic hydroxyl groups is 1. The molecule has 1 aliphatic rings. The van der Waals surface area contributed by atoms with Crippen LogP contribution in [0.1, 0.15) is 44.2 Å². The van der Waals surface area contributed by atoms with Crippen LogP contribution in [-0.2, 0) is 32.0 Å². The Hall–Kier alpha value is -3.92. The molecule has 0 spiro atoms. The molecule has 10 heteroatoms. The van der Waals surface area contributed by atoms with Gasteiger partial charge in [-0.1, -0.05) is 56.3 Å². The van der Waals surface area contributed by atoms with Crippen LogP contribution >= 0.6 is 0 Å². The van der Waals surface area contributed by atoms with E-state index in [2.05, 4.69) is 10.6 Å². The van der Waals surface area contributed by atoms with Crippen LogP contribution in [0.15, 0.2) is 54.6 Å². The molecule has 2 aromatic rings. The first-order chi connectivity index (χ1) is 18.5. The van der Waals surface area contributed by atoms with E-state index < -0.39 is 47.9 Å². The number of phenols is 1. The Labute approximate surface area is 228 Å². The number of carboxylic acid groups (broad SMARTS) is 1. The molecule has 0 aromatic heterocycles. The molecule has 0 radical (unpaired) electrons. The molecule has 1 heterocycles. The molecule has 210 valence electrons. The highest BCUT2D eigenvalue weighted by Crippen LogP contribution is 2.21. The first kappa shape index (κ1) is 29.6. The second-order valence-electron chi connectivity index (χ2n) is 10.4. The minimum Gasteiger partial charge on any atom is -0.508 e. The Morgan fingerprint density at radius 2 is 1.56 bits per heavy atom. The van der Waals surface area contributed by atoms with Crippen molar-refractivity contribution < 1.29 is 29.4 Å². The largest absolute Gasteiger partial charge is 0.508 e. The van der Waals surface area contributed by atoms with Gasteiger partial charge in [-0.15, -0.1) is 0 Å². The zero-order valence-electron chi connectivity index (χ0n) is 22.4. The van der Waals surface area contributed by atoms with E-state index in [1.54, 1.807) is 36.4 Å². The highest BCUT2D eigenvalue weighted by atomic mass is 16.4. The first-order valence-electron chi connectivity index (χ1n) is 13.3. The molecule has 4 atom stereocenters. The number of carboxylic acids is 1. The van der Waals surface area contributed by atoms with Crippen molar-refractivity contribution in [3.8, 4) is 5.75 Å². The van der Waals surface area contributed by atoms with Gasteiger partial charge in [0.15, 0.2) is 0 Å². The zero-order valence-corrected chi connectivity index (χ0v) is 22.4. The molecule has 39 heavy (non-hydrogen) atoms. The average molecular weight is 539 g/mol. The van der Waals surface area contributed by atoms with Crippen LogP contribution in [0.2, 0.25) is 0 Å². The van der Waals surface area contributed by atoms with Gasteiger partial charge < -0.3 is 31.5 Å². The molecule has 0 aliphatic carbocycles. The molecule has 6 N–H and O–H groups in total. The van der Waals surface area contributed by atoms with Crippen molar-refractivity contribution in [3.05, 3.63) is 65.7 Å². The highest BCUT2D eigenvalue weighted by molar-refractivity contribution is 5.94. The topological polar surface area (TPSA) is 162 Å². The normalized spacial score (nSPS) is 17.3. The fourth-order valence-corrected chi connectivity index (χ4v) is 4.78. The number of nitrogens with zero attached hydrogens (tertiary/aromatic N) is 1. The summed E-state index contributed by atoms with van der Waals surface area (Å²) in [5.74, 6) is -2.36. The predicted octanol–water partition coefficient (Wildman–Crippen LogP) is 1.60. The maximum absolute atomic E-state index is 13.7. The molecular formula is C29H38N4O6. The van der Waals surface area contributed by atoms with Crippen LogP contribution in [0.25, 0.3) is 0 Å². The Morgan fingerprint density at radius 3 is 2.18 bits per heavy atom. The van der Waals surface area contributed by atoms with Crippen LogP contribution in [0, 0.1) is 5.92 Å². The summed E-state index contributed by atoms with van der Waals surface area (Å²) in [4.78, 5) is 53.2. The van der Waals surface area contributed by atoms with Crippen molar-refractivity contribution in [1.82, 2.24) is 15.5 Å². The lowest BCUT2D eigenvalue weighted by atomic mass is 10.0. The number of hydrogen-bond acceptors (Lipinski definition) is 6. The van der Waals surface area contributed by atoms with E-state index in [0.29, 0.717) is 31.4 Å². The number of rotatable bonds is 12. The number of likely N-dealkylation sites (tertiary alicyclic amines) is 1. The molecule has 1 saturated heterocycles. The third-order valence-corrected chi connectivity index (χ3v) is 6.79. The van der Waals surface area contributed by atoms with Crippen molar-refractivity contribution in [1.29, 1.82) is 0 Å². The molecule has 4 unspecified atom stereocenters. The summed E-state index contributed by atoms with van der Waals surface area (Å²) in [7, 11) is 0. The first-order valence-corrected chi connectivity index (χ1v) is 13.3. The van der Waals surface area contributed by atoms with Gasteiger partial charge in [0.25, 0.3) is 0 Å². The van der Waals surface area contributed by atoms with E-state index in [1.807, 2.05) is 19.9 Å². The van der Waals surface area contributed by atoms with Crippen molar-refractivity contribution in [2.75, 3.05) is 6.54 Å². The molecule has 1 fully saturated rings. The molecule has 0 bridgehead atoms. The summed E-state index contributed by atoms with van der Waals surface area (Å²) in [6.07, 6.45) is 1.62. The maximum atomic E-state index is 13.7. The van der Waals surface area contributed by atoms with Crippen molar-refractivity contribution in [2.24, 2.45) is 11.7 Å². The van der Waals surface area contributed by atoms with E-state index in [4.69, 9.17) is 5.73 Å². The summed E-state index contributed by atoms with van der Waals surface area (Å²) in [6, 6.07) is 11.5. The van der Waals surface area contributed by atoms with Gasteiger partial charge in [0.1, 0.15) is 23.9 Å². The van der Waals surface area contributed by atoms with Gasteiger partial charge in [0.05, 0.1) is 6.04 Å². The molecule has 3 amide bonds. The van der Waals surface area contributed by atoms with Crippen LogP contribution in [0.5, 0.6) is 5.75 Å². The number of carbonyl (C=O) groups excluding carboxylic acids is 3. The van der Waals surface area contributed by atoms with Gasteiger partial charge in [-0.2, -0.15) is 0 Å². The number of aliphatic carboxylic acids is 1. The molecule has 2 aromatic carbocycles. The van der Waals surface area contributed by atoms with Crippen molar-refractivity contribution >= 4 is 23.7 Å². The number of hydrogen-bond donors (Lipinski definition) is 5. The third-order valence-electron chi connectivity index (χ3n) is 6.79. The Kier molecular flexibility index (Phi) is 10.4. The van der Waals surface area contributed by atoms with Crippen LogP contribution < -0.4 is 16.4 Å². The van der Waals surface area contributed by atoms with Crippen LogP contribution in [0.3, 0.4) is 0 Å². The summed E-state index contributed by atoms with van der Waals surface area (Å²) >= 11 is 0. The van der Waals surface area contributed by atoms with E-state index >= 15 is 0 Å². The second kappa shape index (κ2) is 13.7. The molecular weight excluding hydrogens is 500 g/mol.